The molecule has 0 aliphatic heterocycles. The Balaban J connectivity index is 1.06. The summed E-state index contributed by atoms with van der Waals surface area (Å²) in [7, 11) is 0. The molecule has 0 fully saturated rings. The summed E-state index contributed by atoms with van der Waals surface area (Å²) in [6, 6.07) is 49.7. The molecule has 5 heterocycles. The van der Waals surface area contributed by atoms with Crippen molar-refractivity contribution >= 4 is 32.8 Å². The number of fused-ring (bicyclic) bond motifs is 4. The fourth-order valence-corrected chi connectivity index (χ4v) is 6.79. The molecule has 0 aliphatic rings. The number of aromatic nitrogens is 5. The van der Waals surface area contributed by atoms with Crippen molar-refractivity contribution in [1.82, 2.24) is 24.5 Å². The molecule has 10 aromatic rings. The third kappa shape index (κ3) is 5.87. The van der Waals surface area contributed by atoms with Gasteiger partial charge in [-0.25, -0.2) is 9.97 Å². The standard InChI is InChI=1S/C46H29N5O3/c1-2-16-44-32(9-1)25-45(54-44)33-28-49-46(50-29-33)51-42-26-36(52-34-12-7-10-30(23-34)40-14-3-5-21-47-40)17-19-38(42)39-20-18-37(27-43(39)51)53-35-13-8-11-31(24-35)41-15-4-6-22-48-41/h1-29H. The second kappa shape index (κ2) is 13.2. The third-order valence-corrected chi connectivity index (χ3v) is 9.32. The zero-order valence-corrected chi connectivity index (χ0v) is 28.7. The van der Waals surface area contributed by atoms with Crippen LogP contribution in [0.1, 0.15) is 0 Å². The number of pyridine rings is 2. The van der Waals surface area contributed by atoms with Gasteiger partial charge >= 0.3 is 0 Å². The minimum absolute atomic E-state index is 0.499. The Morgan fingerprint density at radius 2 is 1.00 bits per heavy atom. The first-order valence-corrected chi connectivity index (χ1v) is 17.5. The van der Waals surface area contributed by atoms with Gasteiger partial charge in [-0.2, -0.15) is 0 Å². The summed E-state index contributed by atoms with van der Waals surface area (Å²) in [4.78, 5) is 18.8. The van der Waals surface area contributed by atoms with E-state index >= 15 is 0 Å². The summed E-state index contributed by atoms with van der Waals surface area (Å²) in [6.45, 7) is 0. The van der Waals surface area contributed by atoms with Gasteiger partial charge in [0.15, 0.2) is 0 Å². The van der Waals surface area contributed by atoms with Crippen molar-refractivity contribution in [2.45, 2.75) is 0 Å². The Morgan fingerprint density at radius 3 is 1.56 bits per heavy atom. The molecule has 0 unspecified atom stereocenters. The molecule has 8 heteroatoms. The molecule has 0 saturated carbocycles. The van der Waals surface area contributed by atoms with E-state index in [0.29, 0.717) is 34.7 Å². The Hall–Kier alpha value is -7.58. The van der Waals surface area contributed by atoms with Crippen LogP contribution in [0.2, 0.25) is 0 Å². The predicted octanol–water partition coefficient (Wildman–Crippen LogP) is 11.7. The average molecular weight is 700 g/mol. The maximum Gasteiger partial charge on any atom is 0.234 e. The molecule has 0 saturated heterocycles. The molecule has 0 atom stereocenters. The van der Waals surface area contributed by atoms with Gasteiger partial charge in [-0.3, -0.25) is 14.5 Å². The van der Waals surface area contributed by atoms with E-state index in [1.165, 1.54) is 0 Å². The minimum Gasteiger partial charge on any atom is -0.457 e. The van der Waals surface area contributed by atoms with Gasteiger partial charge in [0.05, 0.1) is 28.0 Å². The Labute approximate surface area is 309 Å². The van der Waals surface area contributed by atoms with Crippen molar-refractivity contribution in [3.05, 3.63) is 176 Å². The molecular weight excluding hydrogens is 671 g/mol. The van der Waals surface area contributed by atoms with Gasteiger partial charge in [0.2, 0.25) is 5.95 Å². The number of para-hydroxylation sites is 1. The smallest absolute Gasteiger partial charge is 0.234 e. The largest absolute Gasteiger partial charge is 0.457 e. The monoisotopic (exact) mass is 699 g/mol. The summed E-state index contributed by atoms with van der Waals surface area (Å²) < 4.78 is 21.1. The van der Waals surface area contributed by atoms with Crippen molar-refractivity contribution in [2.24, 2.45) is 0 Å². The van der Waals surface area contributed by atoms with Crippen molar-refractivity contribution in [1.29, 1.82) is 0 Å². The highest BCUT2D eigenvalue weighted by Crippen LogP contribution is 2.38. The molecule has 8 nitrogen and oxygen atoms in total. The number of hydrogen-bond acceptors (Lipinski definition) is 7. The molecule has 54 heavy (non-hydrogen) atoms. The average Bonchev–Trinajstić information content (AvgIpc) is 3.81. The number of benzene rings is 5. The SMILES string of the molecule is c1ccc(-c2cccc(Oc3ccc4c5ccc(Oc6cccc(-c7ccccn7)c6)cc5n(-c5ncc(-c6cc7ccccc7o6)cn5)c4c3)c2)nc1. The van der Waals surface area contributed by atoms with Crippen molar-refractivity contribution in [3.8, 4) is 62.8 Å². The second-order valence-corrected chi connectivity index (χ2v) is 12.8. The molecule has 256 valence electrons. The number of ether oxygens (including phenoxy) is 2. The molecule has 0 spiro atoms. The van der Waals surface area contributed by atoms with Crippen LogP contribution in [-0.2, 0) is 0 Å². The van der Waals surface area contributed by atoms with Crippen molar-refractivity contribution < 1.29 is 13.9 Å². The molecule has 5 aromatic carbocycles. The van der Waals surface area contributed by atoms with Gasteiger partial charge in [-0.1, -0.05) is 54.6 Å². The lowest BCUT2D eigenvalue weighted by atomic mass is 10.1. The Morgan fingerprint density at radius 1 is 0.444 bits per heavy atom. The molecule has 0 amide bonds. The molecule has 0 bridgehead atoms. The molecule has 5 aromatic heterocycles. The second-order valence-electron chi connectivity index (χ2n) is 12.8. The highest BCUT2D eigenvalue weighted by Gasteiger charge is 2.18. The summed E-state index contributed by atoms with van der Waals surface area (Å²) in [5, 5.41) is 3.07. The van der Waals surface area contributed by atoms with E-state index in [0.717, 1.165) is 60.9 Å². The quantitative estimate of drug-likeness (QED) is 0.156. The van der Waals surface area contributed by atoms with Gasteiger partial charge in [-0.05, 0) is 84.9 Å². The molecule has 0 aliphatic carbocycles. The lowest BCUT2D eigenvalue weighted by Gasteiger charge is -2.10. The zero-order valence-electron chi connectivity index (χ0n) is 28.7. The maximum absolute atomic E-state index is 6.47. The van der Waals surface area contributed by atoms with Crippen LogP contribution in [0, 0.1) is 0 Å². The predicted molar refractivity (Wildman–Crippen MR) is 211 cm³/mol. The topological polar surface area (TPSA) is 88.1 Å². The summed E-state index contributed by atoms with van der Waals surface area (Å²) in [5.41, 5.74) is 7.06. The van der Waals surface area contributed by atoms with Crippen LogP contribution in [-0.4, -0.2) is 24.5 Å². The van der Waals surface area contributed by atoms with E-state index in [4.69, 9.17) is 23.9 Å². The van der Waals surface area contributed by atoms with E-state index in [-0.39, 0.29) is 0 Å². The van der Waals surface area contributed by atoms with Crippen LogP contribution in [0.5, 0.6) is 23.0 Å². The Bertz CT molecular complexity index is 2760. The van der Waals surface area contributed by atoms with Gasteiger partial charge in [0.1, 0.15) is 34.3 Å². The lowest BCUT2D eigenvalue weighted by Crippen LogP contribution is -2.01. The van der Waals surface area contributed by atoms with E-state index < -0.39 is 0 Å². The minimum atomic E-state index is 0.499. The highest BCUT2D eigenvalue weighted by molar-refractivity contribution is 6.09. The number of rotatable bonds is 8. The van der Waals surface area contributed by atoms with E-state index in [1.807, 2.05) is 144 Å². The van der Waals surface area contributed by atoms with Crippen LogP contribution >= 0.6 is 0 Å². The van der Waals surface area contributed by atoms with Crippen LogP contribution in [0.3, 0.4) is 0 Å². The highest BCUT2D eigenvalue weighted by atomic mass is 16.5. The third-order valence-electron chi connectivity index (χ3n) is 9.32. The fourth-order valence-electron chi connectivity index (χ4n) is 6.79. The lowest BCUT2D eigenvalue weighted by molar-refractivity contribution is 0.483. The van der Waals surface area contributed by atoms with Crippen LogP contribution in [0.15, 0.2) is 181 Å². The van der Waals surface area contributed by atoms with E-state index in [9.17, 15) is 0 Å². The summed E-state index contributed by atoms with van der Waals surface area (Å²) in [6.07, 6.45) is 7.17. The number of nitrogens with zero attached hydrogens (tertiary/aromatic N) is 5. The first-order chi connectivity index (χ1) is 26.7. The maximum atomic E-state index is 6.47. The van der Waals surface area contributed by atoms with Crippen LogP contribution in [0.4, 0.5) is 0 Å². The summed E-state index contributed by atoms with van der Waals surface area (Å²) in [5.74, 6) is 3.96. The van der Waals surface area contributed by atoms with Gasteiger partial charge in [0, 0.05) is 64.2 Å². The molecule has 0 radical (unpaired) electrons. The molecule has 10 rings (SSSR count). The van der Waals surface area contributed by atoms with Gasteiger partial charge in [0.25, 0.3) is 0 Å². The first-order valence-electron chi connectivity index (χ1n) is 17.5. The van der Waals surface area contributed by atoms with Gasteiger partial charge < -0.3 is 13.9 Å². The first kappa shape index (κ1) is 31.2. The fraction of sp³-hybridized carbons (Fsp3) is 0. The zero-order chi connectivity index (χ0) is 35.8. The van der Waals surface area contributed by atoms with Crippen molar-refractivity contribution in [3.63, 3.8) is 0 Å². The Kier molecular flexibility index (Phi) is 7.62. The van der Waals surface area contributed by atoms with Crippen LogP contribution in [0.25, 0.3) is 72.6 Å². The van der Waals surface area contributed by atoms with Crippen LogP contribution < -0.4 is 9.47 Å². The van der Waals surface area contributed by atoms with E-state index in [1.54, 1.807) is 24.8 Å². The normalized spacial score (nSPS) is 11.3. The van der Waals surface area contributed by atoms with Crippen molar-refractivity contribution in [2.75, 3.05) is 0 Å². The summed E-state index contributed by atoms with van der Waals surface area (Å²) >= 11 is 0. The molecular formula is C46H29N5O3. The molecule has 0 N–H and O–H groups in total. The van der Waals surface area contributed by atoms with E-state index in [2.05, 4.69) is 22.1 Å². The van der Waals surface area contributed by atoms with Gasteiger partial charge in [-0.15, -0.1) is 0 Å². The number of furan rings is 1. The number of hydrogen-bond donors (Lipinski definition) is 0.